The predicted octanol–water partition coefficient (Wildman–Crippen LogP) is 3.93. The van der Waals surface area contributed by atoms with Gasteiger partial charge in [-0.3, -0.25) is 9.98 Å². The van der Waals surface area contributed by atoms with E-state index in [2.05, 4.69) is 83.0 Å². The van der Waals surface area contributed by atoms with E-state index >= 15 is 0 Å². The minimum atomic E-state index is 0.846. The molecule has 5 rings (SSSR count). The van der Waals surface area contributed by atoms with Gasteiger partial charge < -0.3 is 15.1 Å². The number of hydrogen-bond donors (Lipinski definition) is 2. The molecule has 0 bridgehead atoms. The van der Waals surface area contributed by atoms with Gasteiger partial charge in [0.05, 0.1) is 13.1 Å². The third-order valence-corrected chi connectivity index (χ3v) is 5.64. The van der Waals surface area contributed by atoms with Gasteiger partial charge in [-0.15, -0.1) is 0 Å². The fraction of sp³-hybridized carbons (Fsp3) is 0.250. The molecular formula is C24H24N4O. The van der Waals surface area contributed by atoms with Crippen molar-refractivity contribution in [1.29, 1.82) is 0 Å². The molecule has 0 fully saturated rings. The number of hydrogen-bond acceptors (Lipinski definition) is 5. The topological polar surface area (TPSA) is 61.9 Å². The van der Waals surface area contributed by atoms with Crippen LogP contribution in [-0.2, 0) is 0 Å². The fourth-order valence-electron chi connectivity index (χ4n) is 3.89. The van der Waals surface area contributed by atoms with E-state index in [0.29, 0.717) is 0 Å². The molecule has 0 aliphatic carbocycles. The molecule has 0 radical (unpaired) electrons. The van der Waals surface area contributed by atoms with E-state index in [1.54, 1.807) is 0 Å². The van der Waals surface area contributed by atoms with Gasteiger partial charge in [0.2, 0.25) is 0 Å². The Morgan fingerprint density at radius 3 is 1.34 bits per heavy atom. The number of nitrogens with zero attached hydrogens (tertiary/aromatic N) is 2. The van der Waals surface area contributed by atoms with Crippen molar-refractivity contribution < 1.29 is 4.42 Å². The van der Waals surface area contributed by atoms with Crippen LogP contribution in [0.25, 0.3) is 22.6 Å². The third-order valence-electron chi connectivity index (χ3n) is 5.64. The van der Waals surface area contributed by atoms with Gasteiger partial charge in [-0.25, -0.2) is 0 Å². The number of aliphatic imine (C=N–C) groups is 2. The van der Waals surface area contributed by atoms with E-state index in [0.717, 1.165) is 71.6 Å². The molecular weight excluding hydrogens is 360 g/mol. The highest BCUT2D eigenvalue weighted by molar-refractivity contribution is 6.00. The lowest BCUT2D eigenvalue weighted by Gasteiger charge is -2.05. The van der Waals surface area contributed by atoms with Gasteiger partial charge in [0.15, 0.2) is 0 Å². The van der Waals surface area contributed by atoms with Gasteiger partial charge >= 0.3 is 0 Å². The van der Waals surface area contributed by atoms with Crippen molar-refractivity contribution in [2.75, 3.05) is 26.2 Å². The summed E-state index contributed by atoms with van der Waals surface area (Å²) < 4.78 is 6.36. The maximum absolute atomic E-state index is 6.36. The maximum atomic E-state index is 6.36. The first-order valence-corrected chi connectivity index (χ1v) is 10.1. The van der Waals surface area contributed by atoms with Crippen LogP contribution in [0.2, 0.25) is 0 Å². The second kappa shape index (κ2) is 7.24. The molecule has 2 N–H and O–H groups in total. The summed E-state index contributed by atoms with van der Waals surface area (Å²) in [6.45, 7) is 7.77. The van der Waals surface area contributed by atoms with Gasteiger partial charge in [-0.2, -0.15) is 0 Å². The summed E-state index contributed by atoms with van der Waals surface area (Å²) in [5.74, 6) is 3.81. The van der Waals surface area contributed by atoms with Crippen LogP contribution in [0.5, 0.6) is 0 Å². The van der Waals surface area contributed by atoms with Crippen LogP contribution in [0.1, 0.15) is 22.3 Å². The average Bonchev–Trinajstić information content (AvgIpc) is 3.52. The molecule has 2 aromatic carbocycles. The Bertz CT molecular complexity index is 1020. The highest BCUT2D eigenvalue weighted by atomic mass is 16.3. The normalized spacial score (nSPS) is 15.7. The molecule has 1 aromatic heterocycles. The fourth-order valence-corrected chi connectivity index (χ4v) is 3.89. The second-order valence-corrected chi connectivity index (χ2v) is 7.48. The third kappa shape index (κ3) is 3.23. The Morgan fingerprint density at radius 2 is 1.00 bits per heavy atom. The Kier molecular flexibility index (Phi) is 4.43. The number of rotatable bonds is 4. The van der Waals surface area contributed by atoms with Gasteiger partial charge in [-0.05, 0) is 25.0 Å². The number of nitrogens with one attached hydrogen (secondary N) is 2. The molecule has 146 valence electrons. The van der Waals surface area contributed by atoms with Crippen molar-refractivity contribution in [2.24, 2.45) is 9.98 Å². The Hall–Kier alpha value is -3.34. The largest absolute Gasteiger partial charge is 0.456 e. The lowest BCUT2D eigenvalue weighted by atomic mass is 10.0. The lowest BCUT2D eigenvalue weighted by Crippen LogP contribution is -2.19. The number of amidine groups is 2. The minimum Gasteiger partial charge on any atom is -0.456 e. The molecule has 3 heterocycles. The summed E-state index contributed by atoms with van der Waals surface area (Å²) in [6, 6.07) is 16.9. The predicted molar refractivity (Wildman–Crippen MR) is 118 cm³/mol. The van der Waals surface area contributed by atoms with Crippen LogP contribution < -0.4 is 10.6 Å². The van der Waals surface area contributed by atoms with Gasteiger partial charge in [-0.1, -0.05) is 48.5 Å². The van der Waals surface area contributed by atoms with Crippen molar-refractivity contribution in [3.8, 4) is 22.6 Å². The molecule has 0 spiro atoms. The van der Waals surface area contributed by atoms with E-state index in [9.17, 15) is 0 Å². The Morgan fingerprint density at radius 1 is 0.621 bits per heavy atom. The molecule has 0 atom stereocenters. The summed E-state index contributed by atoms with van der Waals surface area (Å²) in [5.41, 5.74) is 6.75. The quantitative estimate of drug-likeness (QED) is 0.716. The molecule has 0 saturated heterocycles. The number of benzene rings is 2. The highest BCUT2D eigenvalue weighted by Crippen LogP contribution is 2.36. The summed E-state index contributed by atoms with van der Waals surface area (Å²) >= 11 is 0. The molecule has 0 unspecified atom stereocenters. The first kappa shape index (κ1) is 17.7. The zero-order chi connectivity index (χ0) is 19.8. The van der Waals surface area contributed by atoms with Crippen LogP contribution >= 0.6 is 0 Å². The Labute approximate surface area is 170 Å². The lowest BCUT2D eigenvalue weighted by molar-refractivity contribution is 0.594. The number of furan rings is 1. The summed E-state index contributed by atoms with van der Waals surface area (Å²) in [7, 11) is 0. The van der Waals surface area contributed by atoms with E-state index in [-0.39, 0.29) is 0 Å². The van der Waals surface area contributed by atoms with Gasteiger partial charge in [0, 0.05) is 35.3 Å². The van der Waals surface area contributed by atoms with Gasteiger partial charge in [0.1, 0.15) is 23.2 Å². The average molecular weight is 384 g/mol. The van der Waals surface area contributed by atoms with Crippen LogP contribution in [0.3, 0.4) is 0 Å². The van der Waals surface area contributed by atoms with Crippen LogP contribution in [0, 0.1) is 13.8 Å². The maximum Gasteiger partial charge on any atom is 0.137 e. The van der Waals surface area contributed by atoms with E-state index in [1.165, 1.54) is 11.1 Å². The van der Waals surface area contributed by atoms with Crippen molar-refractivity contribution in [3.63, 3.8) is 0 Å². The van der Waals surface area contributed by atoms with Crippen molar-refractivity contribution >= 4 is 11.7 Å². The highest BCUT2D eigenvalue weighted by Gasteiger charge is 2.18. The van der Waals surface area contributed by atoms with E-state index in [4.69, 9.17) is 4.42 Å². The van der Waals surface area contributed by atoms with Crippen molar-refractivity contribution in [2.45, 2.75) is 13.8 Å². The summed E-state index contributed by atoms with van der Waals surface area (Å²) in [4.78, 5) is 8.98. The smallest absolute Gasteiger partial charge is 0.137 e. The first-order valence-electron chi connectivity index (χ1n) is 10.1. The molecule has 0 saturated carbocycles. The first-order chi connectivity index (χ1) is 14.2. The molecule has 5 nitrogen and oxygen atoms in total. The molecule has 5 heteroatoms. The zero-order valence-electron chi connectivity index (χ0n) is 16.7. The minimum absolute atomic E-state index is 0.846. The molecule has 29 heavy (non-hydrogen) atoms. The Balaban J connectivity index is 1.45. The SMILES string of the molecule is Cc1c(-c2ccc(C3=NCCN3)cc2)oc(-c2ccc(C3=NCCN3)cc2)c1C. The summed E-state index contributed by atoms with van der Waals surface area (Å²) in [5, 5.41) is 6.63. The van der Waals surface area contributed by atoms with Crippen LogP contribution in [-0.4, -0.2) is 37.9 Å². The second-order valence-electron chi connectivity index (χ2n) is 7.48. The standard InChI is InChI=1S/C24H24N4O/c1-15-16(2)22(18-5-9-20(10-6-18)24-27-13-14-28-24)29-21(15)17-3-7-19(8-4-17)23-25-11-12-26-23/h3-10H,11-14H2,1-2H3,(H,25,26)(H,27,28). The molecule has 0 amide bonds. The molecule has 2 aliphatic heterocycles. The van der Waals surface area contributed by atoms with E-state index in [1.807, 2.05) is 0 Å². The van der Waals surface area contributed by atoms with Crippen LogP contribution in [0.15, 0.2) is 62.9 Å². The monoisotopic (exact) mass is 384 g/mol. The van der Waals surface area contributed by atoms with E-state index < -0.39 is 0 Å². The van der Waals surface area contributed by atoms with Gasteiger partial charge in [0.25, 0.3) is 0 Å². The zero-order valence-corrected chi connectivity index (χ0v) is 16.7. The summed E-state index contributed by atoms with van der Waals surface area (Å²) in [6.07, 6.45) is 0. The van der Waals surface area contributed by atoms with Crippen molar-refractivity contribution in [1.82, 2.24) is 10.6 Å². The van der Waals surface area contributed by atoms with Crippen LogP contribution in [0.4, 0.5) is 0 Å². The molecule has 3 aromatic rings. The van der Waals surface area contributed by atoms with Crippen molar-refractivity contribution in [3.05, 3.63) is 70.8 Å². The molecule has 2 aliphatic rings.